The van der Waals surface area contributed by atoms with Gasteiger partial charge in [-0.25, -0.2) is 9.59 Å². The van der Waals surface area contributed by atoms with Gasteiger partial charge in [0.15, 0.2) is 0 Å². The molecule has 1 fully saturated rings. The highest BCUT2D eigenvalue weighted by atomic mass is 16.6. The molecule has 7 nitrogen and oxygen atoms in total. The van der Waals surface area contributed by atoms with Crippen LogP contribution < -0.4 is 10.6 Å². The van der Waals surface area contributed by atoms with Gasteiger partial charge in [0.25, 0.3) is 0 Å². The van der Waals surface area contributed by atoms with Crippen molar-refractivity contribution in [3.8, 4) is 11.1 Å². The van der Waals surface area contributed by atoms with E-state index in [-0.39, 0.29) is 12.0 Å². The highest BCUT2D eigenvalue weighted by Gasteiger charge is 2.30. The normalized spacial score (nSPS) is 14.9. The number of carbonyl (C=O) groups is 2. The molecule has 0 aromatic heterocycles. The number of fused-ring (bicyclic) bond motifs is 3. The quantitative estimate of drug-likeness (QED) is 0.448. The first-order valence-electron chi connectivity index (χ1n) is 11.8. The molecule has 1 aliphatic carbocycles. The van der Waals surface area contributed by atoms with Crippen molar-refractivity contribution in [1.29, 1.82) is 0 Å². The van der Waals surface area contributed by atoms with Crippen molar-refractivity contribution < 1.29 is 19.1 Å². The smallest absolute Gasteiger partial charge is 0.409 e. The number of ether oxygens (including phenoxy) is 2. The summed E-state index contributed by atoms with van der Waals surface area (Å²) in [5.74, 6) is -0.367. The third-order valence-electron chi connectivity index (χ3n) is 7.08. The minimum atomic E-state index is -0.409. The Morgan fingerprint density at radius 3 is 2.14 bits per heavy atom. The molecule has 1 aliphatic heterocycles. The maximum atomic E-state index is 12.9. The van der Waals surface area contributed by atoms with Crippen LogP contribution in [0.2, 0.25) is 0 Å². The van der Waals surface area contributed by atoms with E-state index in [2.05, 4.69) is 29.2 Å². The van der Waals surface area contributed by atoms with Crippen LogP contribution in [0.4, 0.5) is 16.2 Å². The Hall–Kier alpha value is -4.00. The highest BCUT2D eigenvalue weighted by molar-refractivity contribution is 5.94. The summed E-state index contributed by atoms with van der Waals surface area (Å²) < 4.78 is 10.7. The molecule has 0 atom stereocenters. The molecule has 0 spiro atoms. The van der Waals surface area contributed by atoms with E-state index in [4.69, 9.17) is 15.2 Å². The summed E-state index contributed by atoms with van der Waals surface area (Å²) >= 11 is 0. The molecule has 1 saturated heterocycles. The second-order valence-corrected chi connectivity index (χ2v) is 8.98. The van der Waals surface area contributed by atoms with E-state index in [0.717, 1.165) is 5.69 Å². The molecular formula is C28H29N3O4. The number of nitrogen functional groups attached to an aromatic ring is 1. The molecule has 0 bridgehead atoms. The largest absolute Gasteiger partial charge is 0.465 e. The Bertz CT molecular complexity index is 1240. The predicted molar refractivity (Wildman–Crippen MR) is 136 cm³/mol. The summed E-state index contributed by atoms with van der Waals surface area (Å²) in [5, 5.41) is 0. The number of rotatable bonds is 4. The Kier molecular flexibility index (Phi) is 6.07. The van der Waals surface area contributed by atoms with Crippen LogP contribution in [0.15, 0.2) is 60.7 Å². The summed E-state index contributed by atoms with van der Waals surface area (Å²) in [5.41, 5.74) is 13.5. The van der Waals surface area contributed by atoms with Gasteiger partial charge in [-0.05, 0) is 46.9 Å². The monoisotopic (exact) mass is 471 g/mol. The lowest BCUT2D eigenvalue weighted by atomic mass is 9.98. The van der Waals surface area contributed by atoms with E-state index in [1.807, 2.05) is 30.3 Å². The van der Waals surface area contributed by atoms with Crippen molar-refractivity contribution in [3.05, 3.63) is 82.9 Å². The topological polar surface area (TPSA) is 85.1 Å². The van der Waals surface area contributed by atoms with Crippen molar-refractivity contribution in [1.82, 2.24) is 4.90 Å². The maximum absolute atomic E-state index is 12.9. The molecule has 3 aromatic rings. The Balaban J connectivity index is 1.23. The second kappa shape index (κ2) is 9.33. The first kappa shape index (κ1) is 22.8. The zero-order valence-corrected chi connectivity index (χ0v) is 20.0. The molecule has 1 amide bonds. The van der Waals surface area contributed by atoms with Crippen LogP contribution in [0.5, 0.6) is 0 Å². The fourth-order valence-electron chi connectivity index (χ4n) is 5.06. The molecule has 0 saturated carbocycles. The lowest BCUT2D eigenvalue weighted by molar-refractivity contribution is 0.0600. The predicted octanol–water partition coefficient (Wildman–Crippen LogP) is 4.43. The number of piperazine rings is 1. The number of methoxy groups -OCH3 is 1. The minimum absolute atomic E-state index is 0.0416. The summed E-state index contributed by atoms with van der Waals surface area (Å²) in [7, 11) is 1.36. The van der Waals surface area contributed by atoms with Gasteiger partial charge in [0.2, 0.25) is 0 Å². The third-order valence-corrected chi connectivity index (χ3v) is 7.08. The van der Waals surface area contributed by atoms with Crippen LogP contribution in [-0.4, -0.2) is 56.9 Å². The van der Waals surface area contributed by atoms with E-state index < -0.39 is 5.97 Å². The molecule has 0 unspecified atom stereocenters. The van der Waals surface area contributed by atoms with Crippen molar-refractivity contribution >= 4 is 23.4 Å². The summed E-state index contributed by atoms with van der Waals surface area (Å²) in [4.78, 5) is 28.9. The van der Waals surface area contributed by atoms with E-state index in [1.165, 1.54) is 29.4 Å². The van der Waals surface area contributed by atoms with Crippen molar-refractivity contribution in [2.75, 3.05) is 50.5 Å². The van der Waals surface area contributed by atoms with Gasteiger partial charge in [0.1, 0.15) is 6.61 Å². The van der Waals surface area contributed by atoms with Crippen LogP contribution in [0, 0.1) is 6.92 Å². The number of nitrogens with zero attached hydrogens (tertiary/aromatic N) is 2. The van der Waals surface area contributed by atoms with Crippen LogP contribution in [0.1, 0.15) is 33.0 Å². The molecular weight excluding hydrogens is 442 g/mol. The average molecular weight is 472 g/mol. The van der Waals surface area contributed by atoms with Gasteiger partial charge < -0.3 is 25.0 Å². The molecule has 3 aromatic carbocycles. The summed E-state index contributed by atoms with van der Waals surface area (Å²) in [6, 6.07) is 20.3. The molecule has 180 valence electrons. The van der Waals surface area contributed by atoms with E-state index in [1.54, 1.807) is 17.9 Å². The fraction of sp³-hybridized carbons (Fsp3) is 0.286. The molecule has 5 rings (SSSR count). The Morgan fingerprint density at radius 1 is 0.943 bits per heavy atom. The third kappa shape index (κ3) is 4.18. The van der Waals surface area contributed by atoms with Crippen molar-refractivity contribution in [2.24, 2.45) is 0 Å². The lowest BCUT2D eigenvalue weighted by Gasteiger charge is -2.36. The maximum Gasteiger partial charge on any atom is 0.409 e. The van der Waals surface area contributed by atoms with Gasteiger partial charge in [0.05, 0.1) is 12.7 Å². The second-order valence-electron chi connectivity index (χ2n) is 8.98. The molecule has 1 heterocycles. The molecule has 2 N–H and O–H groups in total. The standard InChI is InChI=1S/C28H29N3O4/c1-18-24(27(32)34-2)15-19(16-26(18)29)30-11-13-31(14-12-30)28(33)35-17-25-22-9-5-3-7-20(22)21-8-4-6-10-23(21)25/h3-10,15-16,25H,11-14,17,29H2,1-2H3. The van der Waals surface area contributed by atoms with Crippen LogP contribution in [0.3, 0.4) is 0 Å². The number of amides is 1. The molecule has 2 aliphatic rings. The van der Waals surface area contributed by atoms with Crippen molar-refractivity contribution in [2.45, 2.75) is 12.8 Å². The van der Waals surface area contributed by atoms with Crippen LogP contribution in [-0.2, 0) is 9.47 Å². The van der Waals surface area contributed by atoms with E-state index in [9.17, 15) is 9.59 Å². The van der Waals surface area contributed by atoms with Gasteiger partial charge in [-0.15, -0.1) is 0 Å². The van der Waals surface area contributed by atoms with E-state index in [0.29, 0.717) is 49.6 Å². The first-order chi connectivity index (χ1) is 17.0. The zero-order chi connectivity index (χ0) is 24.5. The van der Waals surface area contributed by atoms with Gasteiger partial charge >= 0.3 is 12.1 Å². The zero-order valence-electron chi connectivity index (χ0n) is 20.0. The van der Waals surface area contributed by atoms with Gasteiger partial charge in [-0.2, -0.15) is 0 Å². The summed E-state index contributed by atoms with van der Waals surface area (Å²) in [6.45, 7) is 4.40. The number of carbonyl (C=O) groups excluding carboxylic acids is 2. The van der Waals surface area contributed by atoms with Crippen LogP contribution >= 0.6 is 0 Å². The van der Waals surface area contributed by atoms with E-state index >= 15 is 0 Å². The highest BCUT2D eigenvalue weighted by Crippen LogP contribution is 2.44. The number of hydrogen-bond donors (Lipinski definition) is 1. The Labute approximate surface area is 205 Å². The number of nitrogens with two attached hydrogens (primary N) is 1. The van der Waals surface area contributed by atoms with Gasteiger partial charge in [-0.1, -0.05) is 48.5 Å². The SMILES string of the molecule is COC(=O)c1cc(N2CCN(C(=O)OCC3c4ccccc4-c4ccccc43)CC2)cc(N)c1C. The number of esters is 1. The number of benzene rings is 3. The minimum Gasteiger partial charge on any atom is -0.465 e. The first-order valence-corrected chi connectivity index (χ1v) is 11.8. The van der Waals surface area contributed by atoms with Gasteiger partial charge in [-0.3, -0.25) is 0 Å². The fourth-order valence-corrected chi connectivity index (χ4v) is 5.06. The molecule has 7 heteroatoms. The summed E-state index contributed by atoms with van der Waals surface area (Å²) in [6.07, 6.45) is -0.301. The van der Waals surface area contributed by atoms with Crippen molar-refractivity contribution in [3.63, 3.8) is 0 Å². The molecule has 0 radical (unpaired) electrons. The van der Waals surface area contributed by atoms with Crippen LogP contribution in [0.25, 0.3) is 11.1 Å². The molecule has 35 heavy (non-hydrogen) atoms. The van der Waals surface area contributed by atoms with Gasteiger partial charge in [0, 0.05) is 43.5 Å². The Morgan fingerprint density at radius 2 is 1.54 bits per heavy atom. The number of hydrogen-bond acceptors (Lipinski definition) is 6. The average Bonchev–Trinajstić information content (AvgIpc) is 3.22. The lowest BCUT2D eigenvalue weighted by Crippen LogP contribution is -2.49. The number of anilines is 2.